The van der Waals surface area contributed by atoms with Gasteiger partial charge in [-0.2, -0.15) is 0 Å². The van der Waals surface area contributed by atoms with Gasteiger partial charge in [0.2, 0.25) is 5.91 Å². The van der Waals surface area contributed by atoms with Gasteiger partial charge in [-0.3, -0.25) is 4.79 Å². The summed E-state index contributed by atoms with van der Waals surface area (Å²) in [4.78, 5) is 14.4. The molecule has 1 aromatic rings. The van der Waals surface area contributed by atoms with Crippen LogP contribution in [0.2, 0.25) is 5.02 Å². The zero-order valence-electron chi connectivity index (χ0n) is 13.1. The minimum atomic E-state index is -0.692. The summed E-state index contributed by atoms with van der Waals surface area (Å²) in [6.07, 6.45) is 2.04. The molecule has 2 N–H and O–H groups in total. The first-order valence-corrected chi connectivity index (χ1v) is 8.39. The second-order valence-corrected chi connectivity index (χ2v) is 6.39. The van der Waals surface area contributed by atoms with Crippen LogP contribution in [0.3, 0.4) is 0 Å². The summed E-state index contributed by atoms with van der Waals surface area (Å²) in [5.41, 5.74) is 0.765. The number of hydrogen-bond acceptors (Lipinski definition) is 3. The van der Waals surface area contributed by atoms with Crippen LogP contribution < -0.4 is 5.32 Å². The molecule has 0 bridgehead atoms. The van der Waals surface area contributed by atoms with E-state index >= 15 is 0 Å². The summed E-state index contributed by atoms with van der Waals surface area (Å²) in [7, 11) is 0. The number of nitrogens with one attached hydrogen (secondary N) is 1. The molecule has 1 aromatic carbocycles. The van der Waals surface area contributed by atoms with Gasteiger partial charge in [0.1, 0.15) is 0 Å². The summed E-state index contributed by atoms with van der Waals surface area (Å²) >= 11 is 5.82. The molecule has 0 spiro atoms. The maximum atomic E-state index is 12.0. The molecule has 1 amide bonds. The number of nitrogens with zero attached hydrogens (tertiary/aromatic N) is 1. The van der Waals surface area contributed by atoms with Gasteiger partial charge in [0.15, 0.2) is 0 Å². The van der Waals surface area contributed by atoms with Crippen LogP contribution in [0.25, 0.3) is 0 Å². The predicted octanol–water partition coefficient (Wildman–Crippen LogP) is 2.61. The molecule has 22 heavy (non-hydrogen) atoms. The van der Waals surface area contributed by atoms with Crippen molar-refractivity contribution in [1.82, 2.24) is 10.2 Å². The molecular weight excluding hydrogens is 300 g/mol. The highest BCUT2D eigenvalue weighted by Crippen LogP contribution is 2.20. The lowest BCUT2D eigenvalue weighted by molar-refractivity contribution is -0.122. The van der Waals surface area contributed by atoms with Gasteiger partial charge in [-0.25, -0.2) is 0 Å². The van der Waals surface area contributed by atoms with Gasteiger partial charge in [-0.15, -0.1) is 0 Å². The van der Waals surface area contributed by atoms with E-state index in [4.69, 9.17) is 11.6 Å². The molecule has 122 valence electrons. The second-order valence-electron chi connectivity index (χ2n) is 5.95. The number of halogens is 1. The van der Waals surface area contributed by atoms with Gasteiger partial charge in [-0.05, 0) is 56.1 Å². The summed E-state index contributed by atoms with van der Waals surface area (Å²) in [5, 5.41) is 13.5. The van der Waals surface area contributed by atoms with Gasteiger partial charge in [0, 0.05) is 18.0 Å². The molecule has 0 aliphatic carbocycles. The molecule has 1 atom stereocenters. The monoisotopic (exact) mass is 324 g/mol. The van der Waals surface area contributed by atoms with Crippen LogP contribution in [-0.2, 0) is 4.79 Å². The Kier molecular flexibility index (Phi) is 6.68. The zero-order chi connectivity index (χ0) is 15.9. The van der Waals surface area contributed by atoms with Crippen molar-refractivity contribution < 1.29 is 9.90 Å². The third-order valence-electron chi connectivity index (χ3n) is 4.38. The smallest absolute Gasteiger partial charge is 0.220 e. The van der Waals surface area contributed by atoms with Crippen molar-refractivity contribution in [3.05, 3.63) is 34.9 Å². The fraction of sp³-hybridized carbons (Fsp3) is 0.588. The minimum Gasteiger partial charge on any atom is -0.387 e. The van der Waals surface area contributed by atoms with Crippen molar-refractivity contribution in [2.45, 2.75) is 32.3 Å². The van der Waals surface area contributed by atoms with E-state index in [9.17, 15) is 9.90 Å². The number of aliphatic hydroxyl groups is 1. The van der Waals surface area contributed by atoms with Crippen LogP contribution in [0.1, 0.15) is 37.9 Å². The number of likely N-dealkylation sites (tertiary alicyclic amines) is 1. The Balaban J connectivity index is 1.70. The van der Waals surface area contributed by atoms with Crippen LogP contribution in [0.5, 0.6) is 0 Å². The average Bonchev–Trinajstić information content (AvgIpc) is 2.54. The molecule has 0 radical (unpaired) electrons. The Morgan fingerprint density at radius 3 is 2.59 bits per heavy atom. The number of hydrogen-bond donors (Lipinski definition) is 2. The van der Waals surface area contributed by atoms with Gasteiger partial charge in [-0.1, -0.05) is 30.7 Å². The number of piperidine rings is 1. The Hall–Kier alpha value is -1.10. The summed E-state index contributed by atoms with van der Waals surface area (Å²) in [5.74, 6) is 0.499. The molecule has 5 heteroatoms. The van der Waals surface area contributed by atoms with E-state index in [1.165, 1.54) is 0 Å². The number of benzene rings is 1. The average molecular weight is 325 g/mol. The molecule has 0 saturated carbocycles. The number of amides is 1. The van der Waals surface area contributed by atoms with E-state index in [1.54, 1.807) is 24.3 Å². The lowest BCUT2D eigenvalue weighted by Crippen LogP contribution is -2.36. The zero-order valence-corrected chi connectivity index (χ0v) is 13.9. The third-order valence-corrected chi connectivity index (χ3v) is 4.63. The molecular formula is C17H25ClN2O2. The summed E-state index contributed by atoms with van der Waals surface area (Å²) in [6, 6.07) is 7.03. The quantitative estimate of drug-likeness (QED) is 0.845. The Bertz CT molecular complexity index is 470. The van der Waals surface area contributed by atoms with Crippen LogP contribution >= 0.6 is 11.6 Å². The molecule has 1 aliphatic rings. The van der Waals surface area contributed by atoms with Crippen molar-refractivity contribution in [3.8, 4) is 0 Å². The maximum Gasteiger partial charge on any atom is 0.220 e. The van der Waals surface area contributed by atoms with E-state index in [0.29, 0.717) is 17.4 Å². The second kappa shape index (κ2) is 8.51. The molecule has 1 fully saturated rings. The first-order valence-electron chi connectivity index (χ1n) is 8.01. The molecule has 0 aromatic heterocycles. The molecule has 4 nitrogen and oxygen atoms in total. The number of carbonyl (C=O) groups is 1. The van der Waals surface area contributed by atoms with Crippen LogP contribution in [0, 0.1) is 5.92 Å². The van der Waals surface area contributed by atoms with E-state index in [1.807, 2.05) is 0 Å². The van der Waals surface area contributed by atoms with Crippen molar-refractivity contribution in [2.75, 3.05) is 26.2 Å². The maximum absolute atomic E-state index is 12.0. The van der Waals surface area contributed by atoms with E-state index < -0.39 is 6.10 Å². The highest BCUT2D eigenvalue weighted by Gasteiger charge is 2.20. The fourth-order valence-corrected chi connectivity index (χ4v) is 2.98. The van der Waals surface area contributed by atoms with Crippen LogP contribution in [0.15, 0.2) is 24.3 Å². The van der Waals surface area contributed by atoms with Gasteiger partial charge < -0.3 is 15.3 Å². The fourth-order valence-electron chi connectivity index (χ4n) is 2.85. The minimum absolute atomic E-state index is 0.0305. The molecule has 1 aliphatic heterocycles. The van der Waals surface area contributed by atoms with E-state index in [0.717, 1.165) is 38.0 Å². The first-order chi connectivity index (χ1) is 10.6. The molecule has 1 saturated heterocycles. The molecule has 1 heterocycles. The summed E-state index contributed by atoms with van der Waals surface area (Å²) in [6.45, 7) is 5.68. The topological polar surface area (TPSA) is 52.6 Å². The Morgan fingerprint density at radius 2 is 2.00 bits per heavy atom. The molecule has 2 rings (SSSR count). The Labute approximate surface area is 137 Å². The molecule has 0 unspecified atom stereocenters. The van der Waals surface area contributed by atoms with E-state index in [-0.39, 0.29) is 12.5 Å². The van der Waals surface area contributed by atoms with Gasteiger partial charge >= 0.3 is 0 Å². The van der Waals surface area contributed by atoms with Crippen molar-refractivity contribution >= 4 is 17.5 Å². The highest BCUT2D eigenvalue weighted by molar-refractivity contribution is 6.30. The number of carbonyl (C=O) groups excluding carboxylic acids is 1. The van der Waals surface area contributed by atoms with Crippen molar-refractivity contribution in [3.63, 3.8) is 0 Å². The predicted molar refractivity (Wildman–Crippen MR) is 88.9 cm³/mol. The van der Waals surface area contributed by atoms with Gasteiger partial charge in [0.25, 0.3) is 0 Å². The Morgan fingerprint density at radius 1 is 1.36 bits per heavy atom. The normalized spacial score (nSPS) is 18.1. The first kappa shape index (κ1) is 17.3. The lowest BCUT2D eigenvalue weighted by Gasteiger charge is -2.30. The number of rotatable bonds is 6. The van der Waals surface area contributed by atoms with Crippen LogP contribution in [-0.4, -0.2) is 42.1 Å². The van der Waals surface area contributed by atoms with Crippen molar-refractivity contribution in [1.29, 1.82) is 0 Å². The standard InChI is InChI=1S/C17H25ClN2O2/c1-2-20-9-7-13(8-10-20)11-17(22)19-12-16(21)14-3-5-15(18)6-4-14/h3-6,13,16,21H,2,7-12H2,1H3,(H,19,22)/t16-/m1/s1. The number of aliphatic hydroxyl groups excluding tert-OH is 1. The summed E-state index contributed by atoms with van der Waals surface area (Å²) < 4.78 is 0. The van der Waals surface area contributed by atoms with Crippen LogP contribution in [0.4, 0.5) is 0 Å². The third kappa shape index (κ3) is 5.27. The van der Waals surface area contributed by atoms with Gasteiger partial charge in [0.05, 0.1) is 6.10 Å². The largest absolute Gasteiger partial charge is 0.387 e. The van der Waals surface area contributed by atoms with Crippen molar-refractivity contribution in [2.24, 2.45) is 5.92 Å². The highest BCUT2D eigenvalue weighted by atomic mass is 35.5. The van der Waals surface area contributed by atoms with E-state index in [2.05, 4.69) is 17.1 Å². The lowest BCUT2D eigenvalue weighted by atomic mass is 9.93. The SMILES string of the molecule is CCN1CCC(CC(=O)NC[C@@H](O)c2ccc(Cl)cc2)CC1.